The van der Waals surface area contributed by atoms with Gasteiger partial charge in [-0.15, -0.1) is 0 Å². The number of hydrogen-bond donors (Lipinski definition) is 2. The maximum Gasteiger partial charge on any atom is 0.333 e. The Bertz CT molecular complexity index is 1190. The van der Waals surface area contributed by atoms with Crippen molar-refractivity contribution in [2.45, 2.75) is 6.54 Å². The van der Waals surface area contributed by atoms with Crippen LogP contribution >= 0.6 is 15.9 Å². The predicted octanol–water partition coefficient (Wildman–Crippen LogP) is -1.16. The molecule has 0 fully saturated rings. The van der Waals surface area contributed by atoms with Gasteiger partial charge in [-0.05, 0) is 17.7 Å². The number of halogens is 1. The van der Waals surface area contributed by atoms with Gasteiger partial charge in [-0.2, -0.15) is 5.10 Å². The molecule has 0 spiro atoms. The number of amides is 1. The standard InChI is InChI=1S/C16H15BrN6O4/c1-21-14-13(15(26)22(2)16(21)27)23(8-18-14)7-12(25)20-19-6-9-5-10(17)3-4-11(9)24/h3-6,8H,7H2,1-2H3,(H2,19,20,24,25). The van der Waals surface area contributed by atoms with E-state index in [-0.39, 0.29) is 17.8 Å². The molecule has 0 aliphatic carbocycles. The highest BCUT2D eigenvalue weighted by atomic mass is 79.9. The van der Waals surface area contributed by atoms with E-state index in [0.29, 0.717) is 15.7 Å². The van der Waals surface area contributed by atoms with Gasteiger partial charge >= 0.3 is 11.2 Å². The maximum absolute atomic E-state index is 12.3. The van der Waals surface area contributed by atoms with Crippen LogP contribution in [0.25, 0.3) is 11.2 Å². The molecule has 0 aliphatic heterocycles. The summed E-state index contributed by atoms with van der Waals surface area (Å²) in [6.45, 7) is -0.201. The minimum absolute atomic E-state index is 0.188. The van der Waals surface area contributed by atoms with Crippen LogP contribution < -0.4 is 26.3 Å². The van der Waals surface area contributed by atoms with Crippen molar-refractivity contribution < 1.29 is 14.5 Å². The Labute approximate surface area is 160 Å². The molecule has 0 aliphatic rings. The Morgan fingerprint density at radius 3 is 2.85 bits per heavy atom. The molecule has 3 rings (SSSR count). The second kappa shape index (κ2) is 7.19. The van der Waals surface area contributed by atoms with E-state index in [1.54, 1.807) is 12.1 Å². The lowest BCUT2D eigenvalue weighted by molar-refractivity contribution is -0.659. The Morgan fingerprint density at radius 1 is 1.37 bits per heavy atom. The van der Waals surface area contributed by atoms with Gasteiger partial charge in [-0.25, -0.2) is 19.8 Å². The molecule has 0 atom stereocenters. The summed E-state index contributed by atoms with van der Waals surface area (Å²) in [5, 5.41) is 15.4. The first-order chi connectivity index (χ1) is 12.8. The smallest absolute Gasteiger partial charge is 0.333 e. The van der Waals surface area contributed by atoms with Crippen molar-refractivity contribution >= 4 is 39.2 Å². The Hall–Kier alpha value is -3.21. The number of rotatable bonds is 4. The number of hydrogen-bond acceptors (Lipinski definition) is 5. The fourth-order valence-electron chi connectivity index (χ4n) is 2.56. The first-order valence-corrected chi connectivity index (χ1v) is 8.54. The molecule has 140 valence electrons. The lowest BCUT2D eigenvalue weighted by Gasteiger charge is -2.09. The highest BCUT2D eigenvalue weighted by molar-refractivity contribution is 9.10. The lowest BCUT2D eigenvalue weighted by atomic mass is 10.2. The molecule has 10 nitrogen and oxygen atoms in total. The van der Waals surface area contributed by atoms with Crippen LogP contribution in [0.4, 0.5) is 0 Å². The van der Waals surface area contributed by atoms with Gasteiger partial charge in [0.1, 0.15) is 0 Å². The SMILES string of the molecule is Cn1c(=O)c2c([nH]c[n+]2CC(=O)N/N=C/c2cc(Br)ccc2[O-])n(C)c1=O. The van der Waals surface area contributed by atoms with Crippen LogP contribution in [0, 0.1) is 0 Å². The quantitative estimate of drug-likeness (QED) is 0.304. The fraction of sp³-hybridized carbons (Fsp3) is 0.188. The number of carbonyl (C=O) groups is 1. The molecule has 11 heteroatoms. The number of aryl methyl sites for hydroxylation is 1. The van der Waals surface area contributed by atoms with Gasteiger partial charge in [-0.1, -0.05) is 27.7 Å². The molecule has 2 aromatic heterocycles. The van der Waals surface area contributed by atoms with E-state index in [9.17, 15) is 19.5 Å². The maximum atomic E-state index is 12.3. The molecule has 1 aromatic carbocycles. The number of imidazole rings is 1. The van der Waals surface area contributed by atoms with Gasteiger partial charge in [0.05, 0.1) is 6.21 Å². The molecule has 1 amide bonds. The van der Waals surface area contributed by atoms with E-state index in [2.05, 4.69) is 31.4 Å². The number of hydrazone groups is 1. The zero-order chi connectivity index (χ0) is 19.7. The Balaban J connectivity index is 1.81. The topological polar surface area (TPSA) is 128 Å². The summed E-state index contributed by atoms with van der Waals surface area (Å²) >= 11 is 3.25. The van der Waals surface area contributed by atoms with E-state index < -0.39 is 17.2 Å². The first-order valence-electron chi connectivity index (χ1n) is 7.74. The van der Waals surface area contributed by atoms with Gasteiger partial charge in [-0.3, -0.25) is 18.7 Å². The van der Waals surface area contributed by atoms with Crippen LogP contribution in [0.5, 0.6) is 5.75 Å². The number of carbonyl (C=O) groups excluding carboxylic acids is 1. The molecule has 0 bridgehead atoms. The van der Waals surface area contributed by atoms with Crippen LogP contribution in [-0.4, -0.2) is 26.2 Å². The molecule has 0 saturated heterocycles. The van der Waals surface area contributed by atoms with E-state index in [0.717, 1.165) is 4.57 Å². The molecule has 0 radical (unpaired) electrons. The van der Waals surface area contributed by atoms with Crippen LogP contribution in [0.2, 0.25) is 0 Å². The van der Waals surface area contributed by atoms with Gasteiger partial charge in [0.15, 0.2) is 6.54 Å². The third-order valence-corrected chi connectivity index (χ3v) is 4.46. The highest BCUT2D eigenvalue weighted by Crippen LogP contribution is 2.17. The predicted molar refractivity (Wildman–Crippen MR) is 98.3 cm³/mol. The summed E-state index contributed by atoms with van der Waals surface area (Å²) < 4.78 is 4.35. The molecule has 0 unspecified atom stereocenters. The minimum Gasteiger partial charge on any atom is -0.872 e. The van der Waals surface area contributed by atoms with E-state index in [4.69, 9.17) is 0 Å². The fourth-order valence-corrected chi connectivity index (χ4v) is 2.94. The Kier molecular flexibility index (Phi) is 4.95. The van der Waals surface area contributed by atoms with Gasteiger partial charge < -0.3 is 5.11 Å². The van der Waals surface area contributed by atoms with Gasteiger partial charge in [0, 0.05) is 18.6 Å². The number of nitrogens with one attached hydrogen (secondary N) is 2. The second-order valence-electron chi connectivity index (χ2n) is 5.78. The number of benzene rings is 1. The van der Waals surface area contributed by atoms with Crippen molar-refractivity contribution in [2.24, 2.45) is 19.2 Å². The first kappa shape index (κ1) is 18.6. The van der Waals surface area contributed by atoms with Crippen LogP contribution in [0.1, 0.15) is 5.56 Å². The van der Waals surface area contributed by atoms with Crippen LogP contribution in [0.15, 0.2) is 43.7 Å². The van der Waals surface area contributed by atoms with E-state index in [1.807, 2.05) is 0 Å². The van der Waals surface area contributed by atoms with Crippen LogP contribution in [0.3, 0.4) is 0 Å². The van der Waals surface area contributed by atoms with Crippen molar-refractivity contribution in [2.75, 3.05) is 0 Å². The number of fused-ring (bicyclic) bond motifs is 1. The van der Waals surface area contributed by atoms with Crippen molar-refractivity contribution in [1.82, 2.24) is 19.5 Å². The van der Waals surface area contributed by atoms with Crippen molar-refractivity contribution in [3.8, 4) is 5.75 Å². The van der Waals surface area contributed by atoms with Gasteiger partial charge in [0.2, 0.25) is 6.33 Å². The summed E-state index contributed by atoms with van der Waals surface area (Å²) in [5.74, 6) is -0.734. The van der Waals surface area contributed by atoms with Crippen molar-refractivity contribution in [3.63, 3.8) is 0 Å². The van der Waals surface area contributed by atoms with Crippen molar-refractivity contribution in [3.05, 3.63) is 55.4 Å². The zero-order valence-corrected chi connectivity index (χ0v) is 16.0. The van der Waals surface area contributed by atoms with E-state index >= 15 is 0 Å². The molecule has 0 saturated carbocycles. The minimum atomic E-state index is -0.518. The normalized spacial score (nSPS) is 11.4. The summed E-state index contributed by atoms with van der Waals surface area (Å²) in [7, 11) is 2.89. The molecule has 2 N–H and O–H groups in total. The van der Waals surface area contributed by atoms with Crippen molar-refractivity contribution in [1.29, 1.82) is 0 Å². The number of aromatic amines is 1. The highest BCUT2D eigenvalue weighted by Gasteiger charge is 2.21. The average molecular weight is 435 g/mol. The molecular formula is C16H15BrN6O4. The zero-order valence-electron chi connectivity index (χ0n) is 14.4. The largest absolute Gasteiger partial charge is 0.872 e. The third-order valence-electron chi connectivity index (χ3n) is 3.96. The summed E-state index contributed by atoms with van der Waals surface area (Å²) in [6, 6.07) is 4.57. The molecule has 27 heavy (non-hydrogen) atoms. The second-order valence-corrected chi connectivity index (χ2v) is 6.70. The Morgan fingerprint density at radius 2 is 2.11 bits per heavy atom. The molecule has 3 aromatic rings. The number of H-pyrrole nitrogens is 1. The van der Waals surface area contributed by atoms with E-state index in [1.165, 1.54) is 41.8 Å². The average Bonchev–Trinajstić information content (AvgIpc) is 3.04. The monoisotopic (exact) mass is 434 g/mol. The third kappa shape index (κ3) is 3.53. The summed E-state index contributed by atoms with van der Waals surface area (Å²) in [6.07, 6.45) is 2.67. The molecular weight excluding hydrogens is 420 g/mol. The van der Waals surface area contributed by atoms with Gasteiger partial charge in [0.25, 0.3) is 17.1 Å². The van der Waals surface area contributed by atoms with Crippen LogP contribution in [-0.2, 0) is 25.4 Å². The number of nitrogens with zero attached hydrogens (tertiary/aromatic N) is 4. The molecule has 2 heterocycles. The summed E-state index contributed by atoms with van der Waals surface area (Å²) in [5.41, 5.74) is 2.12. The lowest BCUT2D eigenvalue weighted by Crippen LogP contribution is -2.46. The summed E-state index contributed by atoms with van der Waals surface area (Å²) in [4.78, 5) is 39.2. The number of aromatic nitrogens is 4.